The molecule has 0 aromatic carbocycles. The number of hydrogen-bond acceptors (Lipinski definition) is 3. The van der Waals surface area contributed by atoms with Crippen molar-refractivity contribution in [1.29, 1.82) is 0 Å². The molecule has 0 bridgehead atoms. The molecule has 3 nitrogen and oxygen atoms in total. The quantitative estimate of drug-likeness (QED) is 0.913. The van der Waals surface area contributed by atoms with Crippen LogP contribution in [0.15, 0.2) is 18.5 Å². The maximum absolute atomic E-state index is 6.34. The Morgan fingerprint density at radius 1 is 1.30 bits per heavy atom. The topological polar surface area (TPSA) is 28.2 Å². The van der Waals surface area contributed by atoms with Crippen molar-refractivity contribution in [3.05, 3.63) is 29.0 Å². The van der Waals surface area contributed by atoms with Crippen LogP contribution in [0, 0.1) is 5.92 Å². The summed E-state index contributed by atoms with van der Waals surface area (Å²) in [5, 5.41) is 4.24. The lowest BCUT2D eigenvalue weighted by molar-refractivity contribution is 0.160. The van der Waals surface area contributed by atoms with Crippen molar-refractivity contribution in [3.8, 4) is 0 Å². The molecule has 1 saturated carbocycles. The molecule has 114 valence electrons. The van der Waals surface area contributed by atoms with E-state index in [4.69, 9.17) is 11.6 Å². The Morgan fingerprint density at radius 3 is 2.60 bits per heavy atom. The Hall–Kier alpha value is -0.0600. The Labute approximate surface area is 138 Å². The normalized spacial score (nSPS) is 20.6. The summed E-state index contributed by atoms with van der Waals surface area (Å²) in [6.45, 7) is 4.42. The molecule has 2 aliphatic rings. The zero-order valence-electron chi connectivity index (χ0n) is 11.4. The molecule has 2 heterocycles. The maximum atomic E-state index is 6.34. The highest BCUT2D eigenvalue weighted by atomic mass is 35.5. The molecule has 0 amide bonds. The van der Waals surface area contributed by atoms with Gasteiger partial charge in [-0.15, -0.1) is 24.8 Å². The van der Waals surface area contributed by atoms with Crippen molar-refractivity contribution < 1.29 is 0 Å². The van der Waals surface area contributed by atoms with E-state index in [1.54, 1.807) is 6.20 Å². The van der Waals surface area contributed by atoms with Crippen molar-refractivity contribution in [2.75, 3.05) is 26.2 Å². The van der Waals surface area contributed by atoms with Gasteiger partial charge in [0.25, 0.3) is 0 Å². The zero-order chi connectivity index (χ0) is 12.4. The number of nitrogens with one attached hydrogen (secondary N) is 1. The second kappa shape index (κ2) is 8.40. The number of nitrogens with zero attached hydrogens (tertiary/aromatic N) is 2. The van der Waals surface area contributed by atoms with Crippen LogP contribution < -0.4 is 5.32 Å². The smallest absolute Gasteiger partial charge is 0.0637 e. The molecule has 1 saturated heterocycles. The van der Waals surface area contributed by atoms with Gasteiger partial charge in [0.2, 0.25) is 0 Å². The van der Waals surface area contributed by atoms with Gasteiger partial charge in [-0.25, -0.2) is 0 Å². The minimum Gasteiger partial charge on any atom is -0.314 e. The standard InChI is InChI=1S/C14H20ClN3.2ClH/c15-13-10-17-4-3-12(13)14(9-11-1-2-11)18-7-5-16-6-8-18;;/h3-4,10-11,14,16H,1-2,5-9H2;2*1H/t14-;;/m0../s1. The second-order valence-corrected chi connectivity index (χ2v) is 5.79. The van der Waals surface area contributed by atoms with Crippen LogP contribution in [0.4, 0.5) is 0 Å². The summed E-state index contributed by atoms with van der Waals surface area (Å²) in [5.74, 6) is 0.911. The fourth-order valence-electron chi connectivity index (χ4n) is 2.79. The largest absolute Gasteiger partial charge is 0.314 e. The highest BCUT2D eigenvalue weighted by Crippen LogP contribution is 2.41. The zero-order valence-corrected chi connectivity index (χ0v) is 13.8. The van der Waals surface area contributed by atoms with Crippen LogP contribution in [0.3, 0.4) is 0 Å². The first-order valence-electron chi connectivity index (χ1n) is 6.89. The molecule has 1 aliphatic carbocycles. The predicted molar refractivity (Wildman–Crippen MR) is 88.3 cm³/mol. The van der Waals surface area contributed by atoms with Crippen molar-refractivity contribution in [2.24, 2.45) is 5.92 Å². The number of halogens is 3. The minimum atomic E-state index is 0. The summed E-state index contributed by atoms with van der Waals surface area (Å²) in [6.07, 6.45) is 7.68. The lowest BCUT2D eigenvalue weighted by atomic mass is 9.99. The molecular formula is C14H22Cl3N3. The molecule has 1 N–H and O–H groups in total. The molecule has 0 unspecified atom stereocenters. The number of aromatic nitrogens is 1. The molecule has 6 heteroatoms. The van der Waals surface area contributed by atoms with Crippen LogP contribution >= 0.6 is 36.4 Å². The van der Waals surface area contributed by atoms with Gasteiger partial charge in [-0.1, -0.05) is 24.4 Å². The van der Waals surface area contributed by atoms with Gasteiger partial charge in [0.05, 0.1) is 5.02 Å². The predicted octanol–water partition coefficient (Wildman–Crippen LogP) is 3.33. The lowest BCUT2D eigenvalue weighted by Crippen LogP contribution is -2.45. The Kier molecular flexibility index (Phi) is 7.56. The first-order valence-corrected chi connectivity index (χ1v) is 7.26. The van der Waals surface area contributed by atoms with Crippen molar-refractivity contribution in [1.82, 2.24) is 15.2 Å². The average molecular weight is 339 g/mol. The van der Waals surface area contributed by atoms with Crippen molar-refractivity contribution >= 4 is 36.4 Å². The van der Waals surface area contributed by atoms with Gasteiger partial charge in [0.15, 0.2) is 0 Å². The molecule has 1 aromatic rings. The molecule has 0 spiro atoms. The summed E-state index contributed by atoms with van der Waals surface area (Å²) >= 11 is 6.34. The third kappa shape index (κ3) is 4.47. The van der Waals surface area contributed by atoms with Crippen LogP contribution in [-0.4, -0.2) is 36.1 Å². The number of pyridine rings is 1. The van der Waals surface area contributed by atoms with Crippen molar-refractivity contribution in [3.63, 3.8) is 0 Å². The van der Waals surface area contributed by atoms with E-state index in [-0.39, 0.29) is 24.8 Å². The molecule has 1 aliphatic heterocycles. The number of hydrogen-bond donors (Lipinski definition) is 1. The fourth-order valence-corrected chi connectivity index (χ4v) is 3.04. The molecule has 3 rings (SSSR count). The van der Waals surface area contributed by atoms with E-state index >= 15 is 0 Å². The van der Waals surface area contributed by atoms with E-state index in [0.717, 1.165) is 37.1 Å². The molecule has 2 fully saturated rings. The highest BCUT2D eigenvalue weighted by Gasteiger charge is 2.31. The summed E-state index contributed by atoms with van der Waals surface area (Å²) < 4.78 is 0. The monoisotopic (exact) mass is 337 g/mol. The third-order valence-electron chi connectivity index (χ3n) is 4.01. The fraction of sp³-hybridized carbons (Fsp3) is 0.643. The van der Waals surface area contributed by atoms with Crippen LogP contribution in [0.25, 0.3) is 0 Å². The van der Waals surface area contributed by atoms with Crippen LogP contribution in [0.1, 0.15) is 30.9 Å². The van der Waals surface area contributed by atoms with Crippen molar-refractivity contribution in [2.45, 2.75) is 25.3 Å². The van der Waals surface area contributed by atoms with Gasteiger partial charge in [-0.3, -0.25) is 9.88 Å². The van der Waals surface area contributed by atoms with E-state index in [0.29, 0.717) is 6.04 Å². The average Bonchev–Trinajstić information content (AvgIpc) is 3.22. The summed E-state index contributed by atoms with van der Waals surface area (Å²) in [7, 11) is 0. The Balaban J connectivity index is 0.000001000. The summed E-state index contributed by atoms with van der Waals surface area (Å²) in [5.41, 5.74) is 1.26. The van der Waals surface area contributed by atoms with Crippen LogP contribution in [-0.2, 0) is 0 Å². The van der Waals surface area contributed by atoms with Crippen LogP contribution in [0.5, 0.6) is 0 Å². The molecule has 1 atom stereocenters. The van der Waals surface area contributed by atoms with Crippen LogP contribution in [0.2, 0.25) is 5.02 Å². The third-order valence-corrected chi connectivity index (χ3v) is 4.32. The van der Waals surface area contributed by atoms with E-state index in [2.05, 4.69) is 21.3 Å². The van der Waals surface area contributed by atoms with E-state index in [9.17, 15) is 0 Å². The molecule has 20 heavy (non-hydrogen) atoms. The van der Waals surface area contributed by atoms with Gasteiger partial charge in [0.1, 0.15) is 0 Å². The minimum absolute atomic E-state index is 0. The molecule has 1 aromatic heterocycles. The molecule has 0 radical (unpaired) electrons. The number of piperazine rings is 1. The van der Waals surface area contributed by atoms with E-state index in [1.807, 2.05) is 6.20 Å². The second-order valence-electron chi connectivity index (χ2n) is 5.38. The van der Waals surface area contributed by atoms with E-state index in [1.165, 1.54) is 24.8 Å². The lowest BCUT2D eigenvalue weighted by Gasteiger charge is -2.35. The summed E-state index contributed by atoms with van der Waals surface area (Å²) in [4.78, 5) is 6.68. The SMILES string of the molecule is Cl.Cl.Clc1cnccc1[C@H](CC1CC1)N1CCNCC1. The first kappa shape index (κ1) is 18.0. The maximum Gasteiger partial charge on any atom is 0.0637 e. The first-order chi connectivity index (χ1) is 8.84. The molecular weight excluding hydrogens is 317 g/mol. The van der Waals surface area contributed by atoms with E-state index < -0.39 is 0 Å². The number of rotatable bonds is 4. The Morgan fingerprint density at radius 2 is 2.00 bits per heavy atom. The van der Waals surface area contributed by atoms with Gasteiger partial charge < -0.3 is 5.32 Å². The van der Waals surface area contributed by atoms with Gasteiger partial charge >= 0.3 is 0 Å². The van der Waals surface area contributed by atoms with Gasteiger partial charge in [0, 0.05) is 44.6 Å². The van der Waals surface area contributed by atoms with Gasteiger partial charge in [-0.2, -0.15) is 0 Å². The van der Waals surface area contributed by atoms with Gasteiger partial charge in [-0.05, 0) is 24.0 Å². The highest BCUT2D eigenvalue weighted by molar-refractivity contribution is 6.31. The summed E-state index contributed by atoms with van der Waals surface area (Å²) in [6, 6.07) is 2.58. The Bertz CT molecular complexity index is 406.